The van der Waals surface area contributed by atoms with Gasteiger partial charge < -0.3 is 9.88 Å². The molecule has 0 aromatic carbocycles. The number of aromatic amines is 1. The molecule has 5 rings (SSSR count). The minimum atomic E-state index is -3.50. The number of likely N-dealkylation sites (N-methyl/N-ethyl adjacent to an activating group) is 1. The standard InChI is InChI=1S/C18H25N7O2S/c1-11-5-12(22-28(26,27)23-13-9-24(2)10-13)6-14(11)16-7-20-17-8-21-18-15(25(16)17)3-4-19-18/h3-4,7-8,11-14,19,22-23H,5-6,9-10H2,1-2H3/t11-,12+,14+/m1/s1. The van der Waals surface area contributed by atoms with Gasteiger partial charge in [-0.25, -0.2) is 9.97 Å². The van der Waals surface area contributed by atoms with Gasteiger partial charge in [-0.15, -0.1) is 0 Å². The number of rotatable bonds is 5. The van der Waals surface area contributed by atoms with E-state index in [1.807, 2.05) is 25.5 Å². The predicted molar refractivity (Wildman–Crippen MR) is 106 cm³/mol. The Morgan fingerprint density at radius 3 is 2.71 bits per heavy atom. The van der Waals surface area contributed by atoms with Crippen LogP contribution >= 0.6 is 0 Å². The fraction of sp³-hybridized carbons (Fsp3) is 0.556. The predicted octanol–water partition coefficient (Wildman–Crippen LogP) is 0.831. The van der Waals surface area contributed by atoms with Gasteiger partial charge in [-0.1, -0.05) is 6.92 Å². The van der Waals surface area contributed by atoms with E-state index in [0.717, 1.165) is 48.4 Å². The van der Waals surface area contributed by atoms with Gasteiger partial charge >= 0.3 is 0 Å². The van der Waals surface area contributed by atoms with Gasteiger partial charge in [-0.3, -0.25) is 4.40 Å². The minimum Gasteiger partial charge on any atom is -0.345 e. The zero-order valence-electron chi connectivity index (χ0n) is 16.0. The molecule has 0 bridgehead atoms. The van der Waals surface area contributed by atoms with Crippen LogP contribution in [0.2, 0.25) is 0 Å². The van der Waals surface area contributed by atoms with Crippen molar-refractivity contribution >= 4 is 27.0 Å². The summed E-state index contributed by atoms with van der Waals surface area (Å²) in [5.41, 5.74) is 3.75. The van der Waals surface area contributed by atoms with E-state index in [2.05, 4.69) is 40.6 Å². The molecule has 10 heteroatoms. The number of nitrogens with zero attached hydrogens (tertiary/aromatic N) is 4. The second kappa shape index (κ2) is 6.51. The molecule has 150 valence electrons. The van der Waals surface area contributed by atoms with Crippen LogP contribution in [-0.4, -0.2) is 64.9 Å². The third-order valence-corrected chi connectivity index (χ3v) is 7.33. The quantitative estimate of drug-likeness (QED) is 0.585. The molecule has 0 amide bonds. The molecule has 1 saturated carbocycles. The van der Waals surface area contributed by atoms with Gasteiger partial charge in [-0.05, 0) is 31.9 Å². The number of likely N-dealkylation sites (tertiary alicyclic amines) is 1. The van der Waals surface area contributed by atoms with Gasteiger partial charge in [0.1, 0.15) is 0 Å². The smallest absolute Gasteiger partial charge is 0.277 e. The summed E-state index contributed by atoms with van der Waals surface area (Å²) in [7, 11) is -1.52. The fourth-order valence-corrected chi connectivity index (χ4v) is 6.04. The van der Waals surface area contributed by atoms with E-state index in [4.69, 9.17) is 0 Å². The first kappa shape index (κ1) is 18.0. The highest BCUT2D eigenvalue weighted by Gasteiger charge is 2.37. The second-order valence-corrected chi connectivity index (χ2v) is 9.73. The Labute approximate surface area is 163 Å². The summed E-state index contributed by atoms with van der Waals surface area (Å²) in [5.74, 6) is 0.586. The van der Waals surface area contributed by atoms with Crippen molar-refractivity contribution in [3.8, 4) is 0 Å². The van der Waals surface area contributed by atoms with E-state index in [1.54, 1.807) is 6.20 Å². The van der Waals surface area contributed by atoms with Crippen LogP contribution in [0, 0.1) is 5.92 Å². The highest BCUT2D eigenvalue weighted by molar-refractivity contribution is 7.87. The van der Waals surface area contributed by atoms with Crippen LogP contribution in [0.5, 0.6) is 0 Å². The Hall–Kier alpha value is -2.01. The lowest BCUT2D eigenvalue weighted by Crippen LogP contribution is -2.59. The minimum absolute atomic E-state index is 0.00488. The maximum absolute atomic E-state index is 12.5. The molecule has 3 N–H and O–H groups in total. The van der Waals surface area contributed by atoms with Crippen molar-refractivity contribution in [2.24, 2.45) is 5.92 Å². The first-order chi connectivity index (χ1) is 13.4. The van der Waals surface area contributed by atoms with Gasteiger partial charge in [0.15, 0.2) is 11.3 Å². The number of hydrogen-bond acceptors (Lipinski definition) is 5. The average Bonchev–Trinajstić information content (AvgIpc) is 3.29. The molecule has 28 heavy (non-hydrogen) atoms. The van der Waals surface area contributed by atoms with E-state index in [-0.39, 0.29) is 18.0 Å². The number of H-pyrrole nitrogens is 1. The van der Waals surface area contributed by atoms with E-state index >= 15 is 0 Å². The summed E-state index contributed by atoms with van der Waals surface area (Å²) in [4.78, 5) is 14.1. The van der Waals surface area contributed by atoms with E-state index in [1.165, 1.54) is 0 Å². The third-order valence-electron chi connectivity index (χ3n) is 6.04. The molecule has 1 aliphatic carbocycles. The molecule has 2 aliphatic rings. The van der Waals surface area contributed by atoms with Gasteiger partial charge in [0.2, 0.25) is 0 Å². The molecule has 3 aromatic rings. The number of hydrogen-bond donors (Lipinski definition) is 3. The third kappa shape index (κ3) is 3.10. The van der Waals surface area contributed by atoms with Crippen molar-refractivity contribution in [2.75, 3.05) is 20.1 Å². The fourth-order valence-electron chi connectivity index (χ4n) is 4.76. The number of fused-ring (bicyclic) bond motifs is 3. The zero-order valence-corrected chi connectivity index (χ0v) is 16.8. The monoisotopic (exact) mass is 403 g/mol. The normalized spacial score (nSPS) is 27.0. The first-order valence-electron chi connectivity index (χ1n) is 9.67. The SMILES string of the molecule is C[C@@H]1C[C@H](NS(=O)(=O)NC2CN(C)C2)C[C@@H]1c1cnc2cnc3[nH]ccc3n12. The maximum Gasteiger partial charge on any atom is 0.277 e. The average molecular weight is 404 g/mol. The van der Waals surface area contributed by atoms with Gasteiger partial charge in [0.05, 0.1) is 11.7 Å². The summed E-state index contributed by atoms with van der Waals surface area (Å²) in [6, 6.07) is 1.93. The van der Waals surface area contributed by atoms with Crippen LogP contribution in [0.25, 0.3) is 16.8 Å². The lowest BCUT2D eigenvalue weighted by atomic mass is 9.95. The molecule has 1 aliphatic heterocycles. The van der Waals surface area contributed by atoms with Crippen LogP contribution in [0.1, 0.15) is 31.4 Å². The molecule has 9 nitrogen and oxygen atoms in total. The van der Waals surface area contributed by atoms with Crippen molar-refractivity contribution in [1.82, 2.24) is 33.7 Å². The van der Waals surface area contributed by atoms with Crippen LogP contribution in [-0.2, 0) is 10.2 Å². The maximum atomic E-state index is 12.5. The largest absolute Gasteiger partial charge is 0.345 e. The summed E-state index contributed by atoms with van der Waals surface area (Å²) < 4.78 is 32.7. The molecule has 4 heterocycles. The molecule has 0 spiro atoms. The highest BCUT2D eigenvalue weighted by Crippen LogP contribution is 2.40. The molecular formula is C18H25N7O2S. The Morgan fingerprint density at radius 1 is 1.14 bits per heavy atom. The Balaban J connectivity index is 1.36. The lowest BCUT2D eigenvalue weighted by molar-refractivity contribution is 0.179. The number of imidazole rings is 1. The van der Waals surface area contributed by atoms with Crippen LogP contribution in [0.3, 0.4) is 0 Å². The van der Waals surface area contributed by atoms with Gasteiger partial charge in [0, 0.05) is 49.2 Å². The molecular weight excluding hydrogens is 378 g/mol. The Morgan fingerprint density at radius 2 is 1.93 bits per heavy atom. The highest BCUT2D eigenvalue weighted by atomic mass is 32.2. The van der Waals surface area contributed by atoms with E-state index < -0.39 is 10.2 Å². The van der Waals surface area contributed by atoms with E-state index in [0.29, 0.717) is 5.92 Å². The van der Waals surface area contributed by atoms with Gasteiger partial charge in [0.25, 0.3) is 10.2 Å². The van der Waals surface area contributed by atoms with Crippen molar-refractivity contribution in [3.05, 3.63) is 30.4 Å². The summed E-state index contributed by atoms with van der Waals surface area (Å²) in [6.07, 6.45) is 7.12. The number of nitrogens with one attached hydrogen (secondary N) is 3. The Bertz CT molecular complexity index is 1120. The van der Waals surface area contributed by atoms with Crippen LogP contribution in [0.15, 0.2) is 24.7 Å². The molecule has 0 radical (unpaired) electrons. The molecule has 3 atom stereocenters. The van der Waals surface area contributed by atoms with Crippen molar-refractivity contribution < 1.29 is 8.42 Å². The molecule has 2 fully saturated rings. The zero-order chi connectivity index (χ0) is 19.5. The summed E-state index contributed by atoms with van der Waals surface area (Å²) in [5, 5.41) is 0. The van der Waals surface area contributed by atoms with Gasteiger partial charge in [-0.2, -0.15) is 17.9 Å². The molecule has 3 aromatic heterocycles. The molecule has 0 unspecified atom stereocenters. The second-order valence-electron chi connectivity index (χ2n) is 8.26. The van der Waals surface area contributed by atoms with Crippen LogP contribution in [0.4, 0.5) is 0 Å². The summed E-state index contributed by atoms with van der Waals surface area (Å²) in [6.45, 7) is 3.70. The Kier molecular flexibility index (Phi) is 4.20. The first-order valence-corrected chi connectivity index (χ1v) is 11.2. The van der Waals surface area contributed by atoms with Crippen molar-refractivity contribution in [2.45, 2.75) is 37.8 Å². The topological polar surface area (TPSA) is 107 Å². The van der Waals surface area contributed by atoms with E-state index in [9.17, 15) is 8.42 Å². The summed E-state index contributed by atoms with van der Waals surface area (Å²) >= 11 is 0. The lowest BCUT2D eigenvalue weighted by Gasteiger charge is -2.36. The number of aromatic nitrogens is 4. The molecule has 1 saturated heterocycles. The van der Waals surface area contributed by atoms with Crippen molar-refractivity contribution in [1.29, 1.82) is 0 Å². The van der Waals surface area contributed by atoms with Crippen molar-refractivity contribution in [3.63, 3.8) is 0 Å². The van der Waals surface area contributed by atoms with Crippen LogP contribution < -0.4 is 9.44 Å².